The van der Waals surface area contributed by atoms with Gasteiger partial charge in [-0.1, -0.05) is 42.3 Å². The SMILES string of the molecule is CC1C=CCC2C(=O)N(N(CC(=O)c3ccc([N+](=O)[O-])cc3)C(=O)c3ccc(Cl)cc3Cl)C(=O)C12. The fourth-order valence-electron chi connectivity index (χ4n) is 4.40. The first-order valence-electron chi connectivity index (χ1n) is 10.7. The topological polar surface area (TPSA) is 118 Å². The molecule has 3 amide bonds. The van der Waals surface area contributed by atoms with Gasteiger partial charge in [-0.3, -0.25) is 29.3 Å². The number of nitro groups is 1. The third-order valence-corrected chi connectivity index (χ3v) is 6.73. The van der Waals surface area contributed by atoms with Crippen LogP contribution in [0.4, 0.5) is 5.69 Å². The number of ketones is 1. The summed E-state index contributed by atoms with van der Waals surface area (Å²) in [7, 11) is 0. The van der Waals surface area contributed by atoms with Gasteiger partial charge in [0.15, 0.2) is 5.78 Å². The van der Waals surface area contributed by atoms with E-state index in [4.69, 9.17) is 23.2 Å². The highest BCUT2D eigenvalue weighted by Gasteiger charge is 2.53. The zero-order valence-corrected chi connectivity index (χ0v) is 19.9. The van der Waals surface area contributed by atoms with Crippen LogP contribution in [0.5, 0.6) is 0 Å². The van der Waals surface area contributed by atoms with Crippen molar-refractivity contribution in [3.63, 3.8) is 0 Å². The average molecular weight is 516 g/mol. The van der Waals surface area contributed by atoms with Gasteiger partial charge in [0.05, 0.1) is 27.3 Å². The fraction of sp³-hybridized carbons (Fsp3) is 0.250. The lowest BCUT2D eigenvalue weighted by Crippen LogP contribution is -2.52. The van der Waals surface area contributed by atoms with Crippen LogP contribution in [0.2, 0.25) is 10.0 Å². The molecular formula is C24H19Cl2N3O6. The largest absolute Gasteiger partial charge is 0.292 e. The van der Waals surface area contributed by atoms with Crippen molar-refractivity contribution >= 4 is 52.4 Å². The number of hydrazine groups is 1. The molecule has 2 aliphatic rings. The number of carbonyl (C=O) groups excluding carboxylic acids is 4. The van der Waals surface area contributed by atoms with Crippen LogP contribution >= 0.6 is 23.2 Å². The molecule has 3 atom stereocenters. The highest BCUT2D eigenvalue weighted by atomic mass is 35.5. The van der Waals surface area contributed by atoms with Crippen molar-refractivity contribution in [1.29, 1.82) is 0 Å². The van der Waals surface area contributed by atoms with Crippen LogP contribution in [-0.2, 0) is 9.59 Å². The molecule has 9 nitrogen and oxygen atoms in total. The summed E-state index contributed by atoms with van der Waals surface area (Å²) in [5.41, 5.74) is -0.186. The van der Waals surface area contributed by atoms with Crippen LogP contribution in [0, 0.1) is 27.9 Å². The summed E-state index contributed by atoms with van der Waals surface area (Å²) >= 11 is 12.2. The van der Waals surface area contributed by atoms with Gasteiger partial charge in [0.2, 0.25) is 0 Å². The Bertz CT molecular complexity index is 1280. The molecule has 1 heterocycles. The Morgan fingerprint density at radius 1 is 1.11 bits per heavy atom. The normalized spacial score (nSPS) is 21.1. The van der Waals surface area contributed by atoms with Crippen molar-refractivity contribution < 1.29 is 24.1 Å². The smallest absolute Gasteiger partial charge is 0.274 e. The molecule has 2 aromatic carbocycles. The number of allylic oxidation sites excluding steroid dienone is 2. The number of imide groups is 1. The highest BCUT2D eigenvalue weighted by molar-refractivity contribution is 6.36. The lowest BCUT2D eigenvalue weighted by atomic mass is 9.78. The van der Waals surface area contributed by atoms with Gasteiger partial charge in [-0.05, 0) is 42.7 Å². The third kappa shape index (κ3) is 4.56. The summed E-state index contributed by atoms with van der Waals surface area (Å²) in [6.07, 6.45) is 4.01. The van der Waals surface area contributed by atoms with Crippen LogP contribution < -0.4 is 0 Å². The molecule has 0 saturated carbocycles. The molecule has 1 aliphatic heterocycles. The van der Waals surface area contributed by atoms with Gasteiger partial charge in [-0.25, -0.2) is 5.01 Å². The van der Waals surface area contributed by atoms with Crippen molar-refractivity contribution in [3.8, 4) is 0 Å². The lowest BCUT2D eigenvalue weighted by molar-refractivity contribution is -0.384. The summed E-state index contributed by atoms with van der Waals surface area (Å²) in [6.45, 7) is 1.15. The zero-order chi connectivity index (χ0) is 25.4. The molecular weight excluding hydrogens is 497 g/mol. The predicted molar refractivity (Wildman–Crippen MR) is 127 cm³/mol. The van der Waals surface area contributed by atoms with Gasteiger partial charge >= 0.3 is 0 Å². The van der Waals surface area contributed by atoms with E-state index in [1.165, 1.54) is 30.3 Å². The molecule has 4 rings (SSSR count). The van der Waals surface area contributed by atoms with Crippen LogP contribution in [0.25, 0.3) is 0 Å². The Labute approximate surface area is 210 Å². The fourth-order valence-corrected chi connectivity index (χ4v) is 4.89. The van der Waals surface area contributed by atoms with E-state index in [1.807, 2.05) is 19.1 Å². The number of benzene rings is 2. The quantitative estimate of drug-likeness (QED) is 0.185. The minimum absolute atomic E-state index is 0.0122. The van der Waals surface area contributed by atoms with E-state index >= 15 is 0 Å². The summed E-state index contributed by atoms with van der Waals surface area (Å²) in [4.78, 5) is 63.6. The molecule has 0 radical (unpaired) electrons. The minimum Gasteiger partial charge on any atom is -0.292 e. The second-order valence-electron chi connectivity index (χ2n) is 8.36. The number of rotatable bonds is 6. The maximum Gasteiger partial charge on any atom is 0.274 e. The second-order valence-corrected chi connectivity index (χ2v) is 9.20. The second kappa shape index (κ2) is 9.59. The number of hydrogen-bond donors (Lipinski definition) is 0. The maximum atomic E-state index is 13.5. The van der Waals surface area contributed by atoms with Gasteiger partial charge < -0.3 is 0 Å². The van der Waals surface area contributed by atoms with Gasteiger partial charge in [0.1, 0.15) is 6.54 Å². The number of amides is 3. The molecule has 11 heteroatoms. The Balaban J connectivity index is 1.71. The first-order chi connectivity index (χ1) is 16.6. The Morgan fingerprint density at radius 2 is 1.80 bits per heavy atom. The molecule has 2 aromatic rings. The van der Waals surface area contributed by atoms with E-state index in [0.717, 1.165) is 22.2 Å². The molecule has 1 aliphatic carbocycles. The molecule has 0 spiro atoms. The highest BCUT2D eigenvalue weighted by Crippen LogP contribution is 2.39. The Hall–Kier alpha value is -3.56. The molecule has 0 N–H and O–H groups in total. The summed E-state index contributed by atoms with van der Waals surface area (Å²) < 4.78 is 0. The molecule has 0 bridgehead atoms. The standard InChI is InChI=1S/C24H19Cl2N3O6/c1-13-3-2-4-18-21(13)24(33)28(23(18)32)27(22(31)17-10-7-15(25)11-19(17)26)12-20(30)14-5-8-16(9-6-14)29(34)35/h2-3,5-11,13,18,21H,4,12H2,1H3. The number of nitrogens with zero attached hydrogens (tertiary/aromatic N) is 3. The monoisotopic (exact) mass is 515 g/mol. The summed E-state index contributed by atoms with van der Waals surface area (Å²) in [6, 6.07) is 8.92. The number of Topliss-reactive ketones (excluding diaryl/α,β-unsaturated/α-hetero) is 1. The van der Waals surface area contributed by atoms with E-state index in [9.17, 15) is 29.3 Å². The van der Waals surface area contributed by atoms with Crippen LogP contribution in [0.3, 0.4) is 0 Å². The van der Waals surface area contributed by atoms with Gasteiger partial charge in [-0.15, -0.1) is 0 Å². The number of carbonyl (C=O) groups is 4. The van der Waals surface area contributed by atoms with Gasteiger partial charge in [0, 0.05) is 22.7 Å². The van der Waals surface area contributed by atoms with E-state index in [0.29, 0.717) is 6.42 Å². The van der Waals surface area contributed by atoms with E-state index in [2.05, 4.69) is 0 Å². The molecule has 0 aromatic heterocycles. The zero-order valence-electron chi connectivity index (χ0n) is 18.4. The molecule has 3 unspecified atom stereocenters. The van der Waals surface area contributed by atoms with Gasteiger partial charge in [-0.2, -0.15) is 5.01 Å². The number of fused-ring (bicyclic) bond motifs is 1. The number of nitro benzene ring substituents is 1. The lowest BCUT2D eigenvalue weighted by Gasteiger charge is -2.30. The number of halogens is 2. The molecule has 1 fully saturated rings. The average Bonchev–Trinajstić information content (AvgIpc) is 3.08. The van der Waals surface area contributed by atoms with Crippen molar-refractivity contribution in [1.82, 2.24) is 10.0 Å². The van der Waals surface area contributed by atoms with Crippen molar-refractivity contribution in [2.24, 2.45) is 17.8 Å². The number of non-ortho nitro benzene ring substituents is 1. The minimum atomic E-state index is -0.831. The summed E-state index contributed by atoms with van der Waals surface area (Å²) in [5, 5.41) is 12.7. The van der Waals surface area contributed by atoms with Gasteiger partial charge in [0.25, 0.3) is 23.4 Å². The van der Waals surface area contributed by atoms with Crippen molar-refractivity contribution in [3.05, 3.63) is 85.9 Å². The van der Waals surface area contributed by atoms with Crippen LogP contribution in [-0.4, -0.2) is 45.0 Å². The van der Waals surface area contributed by atoms with E-state index in [1.54, 1.807) is 0 Å². The van der Waals surface area contributed by atoms with Crippen molar-refractivity contribution in [2.45, 2.75) is 13.3 Å². The Morgan fingerprint density at radius 3 is 2.40 bits per heavy atom. The Kier molecular flexibility index (Phi) is 6.73. The van der Waals surface area contributed by atoms with Crippen LogP contribution in [0.15, 0.2) is 54.6 Å². The first-order valence-corrected chi connectivity index (χ1v) is 11.4. The van der Waals surface area contributed by atoms with Crippen LogP contribution in [0.1, 0.15) is 34.1 Å². The summed E-state index contributed by atoms with van der Waals surface area (Å²) in [5.74, 6) is -4.14. The third-order valence-electron chi connectivity index (χ3n) is 6.18. The maximum absolute atomic E-state index is 13.5. The first kappa shape index (κ1) is 24.6. The molecule has 35 heavy (non-hydrogen) atoms. The van der Waals surface area contributed by atoms with Crippen molar-refractivity contribution in [2.75, 3.05) is 6.54 Å². The number of hydrogen-bond acceptors (Lipinski definition) is 6. The predicted octanol–water partition coefficient (Wildman–Crippen LogP) is 4.34. The van der Waals surface area contributed by atoms with E-state index in [-0.39, 0.29) is 32.8 Å². The molecule has 1 saturated heterocycles. The molecule has 180 valence electrons. The van der Waals surface area contributed by atoms with E-state index < -0.39 is 46.8 Å².